The molecule has 3 heteroatoms. The second-order valence-electron chi connectivity index (χ2n) is 4.50. The van der Waals surface area contributed by atoms with Gasteiger partial charge in [-0.15, -0.1) is 0 Å². The van der Waals surface area contributed by atoms with Gasteiger partial charge in [-0.3, -0.25) is 4.79 Å². The number of carbonyl (C=O) groups excluding carboxylic acids is 1. The van der Waals surface area contributed by atoms with Crippen molar-refractivity contribution in [3.63, 3.8) is 0 Å². The summed E-state index contributed by atoms with van der Waals surface area (Å²) in [4.78, 5) is 11.8. The highest BCUT2D eigenvalue weighted by Crippen LogP contribution is 2.18. The van der Waals surface area contributed by atoms with Gasteiger partial charge in [0.05, 0.1) is 5.25 Å². The van der Waals surface area contributed by atoms with Crippen molar-refractivity contribution in [2.75, 3.05) is 5.32 Å². The Balaban J connectivity index is 2.77. The molecule has 1 rings (SSSR count). The topological polar surface area (TPSA) is 29.1 Å². The molecule has 0 spiro atoms. The Kier molecular flexibility index (Phi) is 4.42. The average molecular weight is 237 g/mol. The van der Waals surface area contributed by atoms with Crippen molar-refractivity contribution >= 4 is 24.2 Å². The quantitative estimate of drug-likeness (QED) is 0.777. The lowest BCUT2D eigenvalue weighted by Crippen LogP contribution is -2.27. The van der Waals surface area contributed by atoms with Crippen LogP contribution in [0.5, 0.6) is 0 Å². The van der Waals surface area contributed by atoms with E-state index in [1.54, 1.807) is 0 Å². The summed E-state index contributed by atoms with van der Waals surface area (Å²) >= 11 is 4.29. The van der Waals surface area contributed by atoms with E-state index < -0.39 is 0 Å². The summed E-state index contributed by atoms with van der Waals surface area (Å²) in [7, 11) is 0. The van der Waals surface area contributed by atoms with Gasteiger partial charge < -0.3 is 5.32 Å². The van der Waals surface area contributed by atoms with Gasteiger partial charge in [-0.05, 0) is 31.4 Å². The fraction of sp³-hybridized carbons (Fsp3) is 0.462. The predicted molar refractivity (Wildman–Crippen MR) is 72.2 cm³/mol. The first-order valence-electron chi connectivity index (χ1n) is 5.48. The molecular weight excluding hydrogens is 218 g/mol. The molecule has 0 aliphatic heterocycles. The number of anilines is 1. The van der Waals surface area contributed by atoms with E-state index in [0.29, 0.717) is 0 Å². The van der Waals surface area contributed by atoms with Crippen LogP contribution in [0, 0.1) is 19.8 Å². The molecule has 1 aromatic carbocycles. The number of thiol groups is 1. The second-order valence-corrected chi connectivity index (χ2v) is 5.05. The second kappa shape index (κ2) is 5.39. The number of rotatable bonds is 3. The van der Waals surface area contributed by atoms with Crippen LogP contribution >= 0.6 is 12.6 Å². The summed E-state index contributed by atoms with van der Waals surface area (Å²) in [6.45, 7) is 8.00. The fourth-order valence-corrected chi connectivity index (χ4v) is 1.53. The third-order valence-electron chi connectivity index (χ3n) is 2.54. The van der Waals surface area contributed by atoms with E-state index in [-0.39, 0.29) is 17.1 Å². The highest BCUT2D eigenvalue weighted by Gasteiger charge is 2.17. The molecule has 1 aromatic rings. The standard InChI is InChI=1S/C13H19NOS/c1-8(2)12(16)13(15)14-11-6-5-9(3)7-10(11)4/h5-8,12,16H,1-4H3,(H,14,15). The van der Waals surface area contributed by atoms with E-state index in [2.05, 4.69) is 24.0 Å². The van der Waals surface area contributed by atoms with E-state index in [0.717, 1.165) is 11.3 Å². The summed E-state index contributed by atoms with van der Waals surface area (Å²) in [6, 6.07) is 5.98. The molecule has 0 radical (unpaired) electrons. The van der Waals surface area contributed by atoms with Crippen LogP contribution in [0.2, 0.25) is 0 Å². The Morgan fingerprint density at radius 2 is 1.94 bits per heavy atom. The lowest BCUT2D eigenvalue weighted by atomic mass is 10.1. The lowest BCUT2D eigenvalue weighted by Gasteiger charge is -2.16. The van der Waals surface area contributed by atoms with Crippen LogP contribution in [-0.4, -0.2) is 11.2 Å². The number of aryl methyl sites for hydroxylation is 2. The molecule has 0 aliphatic rings. The Hall–Kier alpha value is -0.960. The van der Waals surface area contributed by atoms with E-state index in [1.807, 2.05) is 39.8 Å². The Bertz CT molecular complexity index is 388. The zero-order valence-electron chi connectivity index (χ0n) is 10.2. The number of nitrogens with one attached hydrogen (secondary N) is 1. The highest BCUT2D eigenvalue weighted by molar-refractivity contribution is 7.81. The van der Waals surface area contributed by atoms with Gasteiger partial charge in [0.2, 0.25) is 5.91 Å². The van der Waals surface area contributed by atoms with Crippen LogP contribution in [0.3, 0.4) is 0 Å². The third kappa shape index (κ3) is 3.27. The van der Waals surface area contributed by atoms with Gasteiger partial charge >= 0.3 is 0 Å². The van der Waals surface area contributed by atoms with Crippen molar-refractivity contribution in [2.45, 2.75) is 32.9 Å². The molecule has 1 N–H and O–H groups in total. The van der Waals surface area contributed by atoms with Gasteiger partial charge in [0.1, 0.15) is 0 Å². The molecule has 16 heavy (non-hydrogen) atoms. The predicted octanol–water partition coefficient (Wildman–Crippen LogP) is 3.20. The van der Waals surface area contributed by atoms with Crippen molar-refractivity contribution in [2.24, 2.45) is 5.92 Å². The smallest absolute Gasteiger partial charge is 0.237 e. The number of benzene rings is 1. The molecule has 0 bridgehead atoms. The van der Waals surface area contributed by atoms with Gasteiger partial charge in [-0.25, -0.2) is 0 Å². The molecule has 1 unspecified atom stereocenters. The molecule has 0 fully saturated rings. The van der Waals surface area contributed by atoms with Crippen LogP contribution in [0.1, 0.15) is 25.0 Å². The van der Waals surface area contributed by atoms with Crippen molar-refractivity contribution in [1.29, 1.82) is 0 Å². The minimum atomic E-state index is -0.263. The maximum Gasteiger partial charge on any atom is 0.237 e. The van der Waals surface area contributed by atoms with E-state index in [9.17, 15) is 4.79 Å². The SMILES string of the molecule is Cc1ccc(NC(=O)C(S)C(C)C)c(C)c1. The minimum Gasteiger partial charge on any atom is -0.325 e. The van der Waals surface area contributed by atoms with Gasteiger partial charge in [0, 0.05) is 5.69 Å². The van der Waals surface area contributed by atoms with Crippen molar-refractivity contribution in [1.82, 2.24) is 0 Å². The van der Waals surface area contributed by atoms with Crippen LogP contribution in [-0.2, 0) is 4.79 Å². The van der Waals surface area contributed by atoms with Crippen LogP contribution in [0.15, 0.2) is 18.2 Å². The highest BCUT2D eigenvalue weighted by atomic mass is 32.1. The maximum absolute atomic E-state index is 11.8. The first-order valence-corrected chi connectivity index (χ1v) is 5.99. The normalized spacial score (nSPS) is 12.6. The fourth-order valence-electron chi connectivity index (χ4n) is 1.46. The van der Waals surface area contributed by atoms with Gasteiger partial charge in [0.25, 0.3) is 0 Å². The maximum atomic E-state index is 11.8. The lowest BCUT2D eigenvalue weighted by molar-refractivity contribution is -0.116. The molecule has 1 atom stereocenters. The Morgan fingerprint density at radius 1 is 1.31 bits per heavy atom. The van der Waals surface area contributed by atoms with Crippen LogP contribution < -0.4 is 5.32 Å². The van der Waals surface area contributed by atoms with Gasteiger partial charge in [-0.2, -0.15) is 12.6 Å². The molecule has 88 valence electrons. The van der Waals surface area contributed by atoms with Crippen LogP contribution in [0.25, 0.3) is 0 Å². The number of amides is 1. The first kappa shape index (κ1) is 13.1. The number of carbonyl (C=O) groups is 1. The van der Waals surface area contributed by atoms with Crippen LogP contribution in [0.4, 0.5) is 5.69 Å². The molecule has 0 saturated heterocycles. The van der Waals surface area contributed by atoms with Crippen molar-refractivity contribution < 1.29 is 4.79 Å². The summed E-state index contributed by atoms with van der Waals surface area (Å²) in [5, 5.41) is 2.64. The molecule has 2 nitrogen and oxygen atoms in total. The molecular formula is C13H19NOS. The Labute approximate surface area is 103 Å². The number of hydrogen-bond acceptors (Lipinski definition) is 2. The van der Waals surface area contributed by atoms with Crippen molar-refractivity contribution in [3.05, 3.63) is 29.3 Å². The molecule has 0 saturated carbocycles. The van der Waals surface area contributed by atoms with Crippen molar-refractivity contribution in [3.8, 4) is 0 Å². The first-order chi connectivity index (χ1) is 7.41. The third-order valence-corrected chi connectivity index (χ3v) is 3.37. The Morgan fingerprint density at radius 3 is 2.44 bits per heavy atom. The zero-order chi connectivity index (χ0) is 12.3. The van der Waals surface area contributed by atoms with Gasteiger partial charge in [0.15, 0.2) is 0 Å². The zero-order valence-corrected chi connectivity index (χ0v) is 11.1. The summed E-state index contributed by atoms with van der Waals surface area (Å²) in [5.74, 6) is 0.194. The molecule has 0 heterocycles. The summed E-state index contributed by atoms with van der Waals surface area (Å²) in [5.41, 5.74) is 3.15. The minimum absolute atomic E-state index is 0.0368. The average Bonchev–Trinajstić information content (AvgIpc) is 2.20. The van der Waals surface area contributed by atoms with E-state index >= 15 is 0 Å². The molecule has 0 aromatic heterocycles. The van der Waals surface area contributed by atoms with E-state index in [1.165, 1.54) is 5.56 Å². The van der Waals surface area contributed by atoms with Gasteiger partial charge in [-0.1, -0.05) is 31.5 Å². The molecule has 0 aliphatic carbocycles. The number of hydrogen-bond donors (Lipinski definition) is 2. The summed E-state index contributed by atoms with van der Waals surface area (Å²) in [6.07, 6.45) is 0. The van der Waals surface area contributed by atoms with E-state index in [4.69, 9.17) is 0 Å². The summed E-state index contributed by atoms with van der Waals surface area (Å²) < 4.78 is 0. The largest absolute Gasteiger partial charge is 0.325 e. The molecule has 1 amide bonds. The monoisotopic (exact) mass is 237 g/mol.